The minimum Gasteiger partial charge on any atom is -0.465 e. The second-order valence-electron chi connectivity index (χ2n) is 5.88. The second-order valence-corrected chi connectivity index (χ2v) is 5.88. The van der Waals surface area contributed by atoms with Crippen molar-refractivity contribution in [1.29, 1.82) is 15.9 Å². The van der Waals surface area contributed by atoms with E-state index in [0.717, 1.165) is 0 Å². The van der Waals surface area contributed by atoms with Crippen LogP contribution < -0.4 is 5.73 Å². The number of hydrogen-bond donors (Lipinski definition) is 2. The molecule has 0 saturated heterocycles. The van der Waals surface area contributed by atoms with Gasteiger partial charge in [-0.25, -0.2) is 4.79 Å². The molecule has 0 aliphatic rings. The van der Waals surface area contributed by atoms with Crippen LogP contribution in [0, 0.1) is 35.0 Å². The van der Waals surface area contributed by atoms with Crippen LogP contribution in [0.15, 0.2) is 22.6 Å². The van der Waals surface area contributed by atoms with Crippen molar-refractivity contribution in [2.75, 3.05) is 12.8 Å². The first-order valence-corrected chi connectivity index (χ1v) is 7.87. The molecule has 0 radical (unpaired) electrons. The van der Waals surface area contributed by atoms with Gasteiger partial charge in [-0.15, -0.1) is 0 Å². The van der Waals surface area contributed by atoms with Crippen LogP contribution in [-0.2, 0) is 4.74 Å². The maximum absolute atomic E-state index is 12.6. The molecule has 3 heterocycles. The third kappa shape index (κ3) is 2.52. The predicted molar refractivity (Wildman–Crippen MR) is 97.5 cm³/mol. The van der Waals surface area contributed by atoms with Crippen molar-refractivity contribution in [2.24, 2.45) is 0 Å². The van der Waals surface area contributed by atoms with E-state index < -0.39 is 5.97 Å². The molecule has 0 aliphatic carbocycles. The molecule has 0 unspecified atom stereocenters. The molecule has 0 saturated carbocycles. The van der Waals surface area contributed by atoms with Gasteiger partial charge < -0.3 is 20.3 Å². The van der Waals surface area contributed by atoms with E-state index in [2.05, 4.69) is 6.07 Å². The molecule has 0 aromatic carbocycles. The number of aryl methyl sites for hydroxylation is 1. The first-order valence-electron chi connectivity index (χ1n) is 7.87. The van der Waals surface area contributed by atoms with Gasteiger partial charge in [-0.05, 0) is 32.0 Å². The van der Waals surface area contributed by atoms with Crippen LogP contribution in [0.3, 0.4) is 0 Å². The molecule has 0 fully saturated rings. The zero-order valence-corrected chi connectivity index (χ0v) is 14.9. The largest absolute Gasteiger partial charge is 0.465 e. The van der Waals surface area contributed by atoms with Gasteiger partial charge in [0.05, 0.1) is 29.3 Å². The van der Waals surface area contributed by atoms with Crippen molar-refractivity contribution < 1.29 is 13.9 Å². The Morgan fingerprint density at radius 1 is 1.33 bits per heavy atom. The number of nitrogens with zero attached hydrogens (tertiary/aromatic N) is 3. The average molecular weight is 361 g/mol. The van der Waals surface area contributed by atoms with Crippen LogP contribution in [0.2, 0.25) is 0 Å². The van der Waals surface area contributed by atoms with E-state index in [-0.39, 0.29) is 39.7 Å². The fourth-order valence-corrected chi connectivity index (χ4v) is 3.14. The van der Waals surface area contributed by atoms with Crippen molar-refractivity contribution in [3.63, 3.8) is 0 Å². The molecule has 3 aromatic heterocycles. The Morgan fingerprint density at radius 2 is 2.04 bits per heavy atom. The van der Waals surface area contributed by atoms with E-state index in [4.69, 9.17) is 25.6 Å². The number of aromatic nitrogens is 1. The summed E-state index contributed by atoms with van der Waals surface area (Å²) in [5, 5.41) is 26.7. The van der Waals surface area contributed by atoms with Crippen molar-refractivity contribution in [2.45, 2.75) is 13.8 Å². The lowest BCUT2D eigenvalue weighted by atomic mass is 9.98. The zero-order chi connectivity index (χ0) is 19.9. The van der Waals surface area contributed by atoms with Crippen LogP contribution >= 0.6 is 0 Å². The van der Waals surface area contributed by atoms with Crippen LogP contribution in [-0.4, -0.2) is 23.2 Å². The van der Waals surface area contributed by atoms with Crippen molar-refractivity contribution in [3.05, 3.63) is 46.3 Å². The van der Waals surface area contributed by atoms with Crippen LogP contribution in [0.25, 0.3) is 16.8 Å². The summed E-state index contributed by atoms with van der Waals surface area (Å²) in [5.41, 5.74) is 8.19. The van der Waals surface area contributed by atoms with Gasteiger partial charge in [0.2, 0.25) is 5.76 Å². The topological polar surface area (TPSA) is 141 Å². The highest BCUT2D eigenvalue weighted by Crippen LogP contribution is 2.37. The summed E-state index contributed by atoms with van der Waals surface area (Å²) in [6.07, 6.45) is 0. The number of carbonyl (C=O) groups excluding carboxylic acids is 1. The van der Waals surface area contributed by atoms with Crippen molar-refractivity contribution in [3.8, 4) is 23.5 Å². The highest BCUT2D eigenvalue weighted by Gasteiger charge is 2.28. The lowest BCUT2D eigenvalue weighted by Gasteiger charge is -2.15. The fraction of sp³-hybridized carbons (Fsp3) is 0.158. The Kier molecular flexibility index (Phi) is 4.18. The van der Waals surface area contributed by atoms with E-state index in [1.807, 2.05) is 6.07 Å². The van der Waals surface area contributed by atoms with Crippen LogP contribution in [0.5, 0.6) is 0 Å². The van der Waals surface area contributed by atoms with Gasteiger partial charge in [0, 0.05) is 17.0 Å². The third-order valence-electron chi connectivity index (χ3n) is 4.36. The maximum Gasteiger partial charge on any atom is 0.340 e. The van der Waals surface area contributed by atoms with E-state index in [9.17, 15) is 10.1 Å². The van der Waals surface area contributed by atoms with Gasteiger partial charge in [0.1, 0.15) is 23.7 Å². The number of hydrogen-bond acceptors (Lipinski definition) is 7. The smallest absolute Gasteiger partial charge is 0.340 e. The second kappa shape index (κ2) is 6.36. The monoisotopic (exact) mass is 361 g/mol. The number of ether oxygens (including phenoxy) is 1. The minimum atomic E-state index is -0.687. The quantitative estimate of drug-likeness (QED) is 0.542. The van der Waals surface area contributed by atoms with Gasteiger partial charge >= 0.3 is 5.97 Å². The molecule has 8 nitrogen and oxygen atoms in total. The average Bonchev–Trinajstić information content (AvgIpc) is 3.25. The van der Waals surface area contributed by atoms with E-state index >= 15 is 0 Å². The number of nitriles is 2. The molecule has 0 amide bonds. The fourth-order valence-electron chi connectivity index (χ4n) is 3.14. The Hall–Kier alpha value is -4.04. The van der Waals surface area contributed by atoms with Crippen LogP contribution in [0.1, 0.15) is 39.9 Å². The lowest BCUT2D eigenvalue weighted by molar-refractivity contribution is 0.0603. The first kappa shape index (κ1) is 17.8. The van der Waals surface area contributed by atoms with Gasteiger partial charge in [-0.1, -0.05) is 0 Å². The number of pyridine rings is 1. The van der Waals surface area contributed by atoms with Crippen molar-refractivity contribution in [1.82, 2.24) is 4.40 Å². The molecular formula is C19H15N5O3. The van der Waals surface area contributed by atoms with Gasteiger partial charge in [-0.3, -0.25) is 4.40 Å². The molecular weight excluding hydrogens is 346 g/mol. The minimum absolute atomic E-state index is 0.0492. The number of nitrogens with one attached hydrogen (secondary N) is 1. The molecule has 0 bridgehead atoms. The Morgan fingerprint density at radius 3 is 2.56 bits per heavy atom. The summed E-state index contributed by atoms with van der Waals surface area (Å²) in [6, 6.07) is 8.55. The number of fused-ring (bicyclic) bond motifs is 1. The Bertz CT molecular complexity index is 1200. The summed E-state index contributed by atoms with van der Waals surface area (Å²) in [4.78, 5) is 12.6. The molecule has 3 aromatic rings. The van der Waals surface area contributed by atoms with E-state index in [1.54, 1.807) is 24.3 Å². The predicted octanol–water partition coefficient (Wildman–Crippen LogP) is 3.01. The third-order valence-corrected chi connectivity index (χ3v) is 4.36. The summed E-state index contributed by atoms with van der Waals surface area (Å²) in [7, 11) is 1.23. The first-order chi connectivity index (χ1) is 12.8. The SMILES string of the molecule is COC(=O)c1c(-c2ccc(C#N)o2)c(C#N)c(C)n2c(N)c(C(C)=N)cc12. The number of rotatable bonds is 3. The number of nitrogens with two attached hydrogens (primary N) is 1. The molecule has 27 heavy (non-hydrogen) atoms. The molecule has 3 N–H and O–H groups in total. The number of furan rings is 1. The van der Waals surface area contributed by atoms with E-state index in [0.29, 0.717) is 16.8 Å². The van der Waals surface area contributed by atoms with Gasteiger partial charge in [0.25, 0.3) is 0 Å². The number of esters is 1. The number of methoxy groups -OCH3 is 1. The zero-order valence-electron chi connectivity index (χ0n) is 14.9. The summed E-state index contributed by atoms with van der Waals surface area (Å²) in [5.74, 6) is -0.191. The standard InChI is InChI=1S/C19H15N5O3/c1-9(22)12-6-14-17(19(25)26-3)16(15-5-4-11(7-20)27-15)13(8-21)10(2)24(14)18(12)23/h4-6,22H,23H2,1-3H3. The van der Waals surface area contributed by atoms with Gasteiger partial charge in [-0.2, -0.15) is 10.5 Å². The Balaban J connectivity index is 2.58. The highest BCUT2D eigenvalue weighted by molar-refractivity contribution is 6.09. The number of anilines is 1. The summed E-state index contributed by atoms with van der Waals surface area (Å²) < 4.78 is 12.0. The molecule has 3 rings (SSSR count). The van der Waals surface area contributed by atoms with E-state index in [1.165, 1.54) is 19.2 Å². The van der Waals surface area contributed by atoms with Gasteiger partial charge in [0.15, 0.2) is 0 Å². The summed E-state index contributed by atoms with van der Waals surface area (Å²) in [6.45, 7) is 3.26. The number of nitrogen functional groups attached to an aromatic ring is 1. The highest BCUT2D eigenvalue weighted by atomic mass is 16.5. The van der Waals surface area contributed by atoms with Crippen LogP contribution in [0.4, 0.5) is 5.82 Å². The van der Waals surface area contributed by atoms with Crippen molar-refractivity contribution >= 4 is 23.0 Å². The summed E-state index contributed by atoms with van der Waals surface area (Å²) >= 11 is 0. The molecule has 0 spiro atoms. The molecule has 0 aliphatic heterocycles. The normalized spacial score (nSPS) is 10.4. The Labute approximate surface area is 154 Å². The maximum atomic E-state index is 12.6. The molecule has 8 heteroatoms. The molecule has 0 atom stereocenters. The lowest BCUT2D eigenvalue weighted by Crippen LogP contribution is -2.11. The molecule has 134 valence electrons. The number of carbonyl (C=O) groups is 1.